The van der Waals surface area contributed by atoms with E-state index in [-0.39, 0.29) is 12.6 Å². The van der Waals surface area contributed by atoms with E-state index in [2.05, 4.69) is 36.8 Å². The van der Waals surface area contributed by atoms with Gasteiger partial charge in [-0.2, -0.15) is 0 Å². The van der Waals surface area contributed by atoms with Crippen LogP contribution in [0.1, 0.15) is 46.9 Å². The summed E-state index contributed by atoms with van der Waals surface area (Å²) in [6.45, 7) is 13.0. The van der Waals surface area contributed by atoms with E-state index >= 15 is 0 Å². The Kier molecular flexibility index (Phi) is 7.33. The number of likely N-dealkylation sites (tertiary alicyclic amines) is 1. The minimum Gasteiger partial charge on any atom is -0.467 e. The third-order valence-electron chi connectivity index (χ3n) is 5.04. The SMILES string of the molecule is C=C(C)N=C/C(=C\C)c1nc2ncnc(NC3CC(C(=O)OC)N(C(=O)OC(C)(C)C)C3)c2[nH]1. The van der Waals surface area contributed by atoms with E-state index in [1.807, 2.05) is 13.0 Å². The van der Waals surface area contributed by atoms with Gasteiger partial charge in [0.2, 0.25) is 0 Å². The van der Waals surface area contributed by atoms with Crippen molar-refractivity contribution in [2.45, 2.75) is 58.7 Å². The molecule has 0 saturated carbocycles. The molecular formula is C23H31N7O4. The molecule has 2 aromatic rings. The molecule has 0 aromatic carbocycles. The third kappa shape index (κ3) is 5.77. The van der Waals surface area contributed by atoms with E-state index in [1.165, 1.54) is 18.3 Å². The number of amides is 1. The Morgan fingerprint density at radius 1 is 1.35 bits per heavy atom. The summed E-state index contributed by atoms with van der Waals surface area (Å²) < 4.78 is 10.4. The van der Waals surface area contributed by atoms with Crippen LogP contribution in [0.15, 0.2) is 29.7 Å². The molecule has 0 radical (unpaired) electrons. The Balaban J connectivity index is 1.85. The minimum atomic E-state index is -0.764. The molecule has 0 spiro atoms. The summed E-state index contributed by atoms with van der Waals surface area (Å²) in [4.78, 5) is 47.1. The molecule has 3 rings (SSSR count). The molecule has 182 valence electrons. The van der Waals surface area contributed by atoms with E-state index in [0.29, 0.717) is 34.9 Å². The number of fused-ring (bicyclic) bond motifs is 1. The molecule has 1 saturated heterocycles. The number of carbonyl (C=O) groups excluding carboxylic acids is 2. The highest BCUT2D eigenvalue weighted by molar-refractivity contribution is 6.09. The highest BCUT2D eigenvalue weighted by Gasteiger charge is 2.42. The summed E-state index contributed by atoms with van der Waals surface area (Å²) in [5.41, 5.74) is 1.84. The molecule has 3 heterocycles. The van der Waals surface area contributed by atoms with Gasteiger partial charge in [-0.15, -0.1) is 0 Å². The molecule has 1 aliphatic heterocycles. The second kappa shape index (κ2) is 10.0. The van der Waals surface area contributed by atoms with Crippen LogP contribution in [0, 0.1) is 0 Å². The van der Waals surface area contributed by atoms with Crippen molar-refractivity contribution >= 4 is 40.8 Å². The standard InChI is InChI=1S/C23H31N7O4/c1-8-14(10-24-13(2)3)18-28-17-19(25-12-26-20(17)29-18)27-15-9-16(21(31)33-7)30(11-15)22(32)34-23(4,5)6/h8,10,12,15-16H,2,9,11H2,1,3-7H3,(H2,25,26,27,28,29)/b14-8+,24-10?. The minimum absolute atomic E-state index is 0.243. The number of nitrogens with zero attached hydrogens (tertiary/aromatic N) is 5. The average Bonchev–Trinajstić information content (AvgIpc) is 3.37. The molecule has 2 unspecified atom stereocenters. The van der Waals surface area contributed by atoms with Gasteiger partial charge >= 0.3 is 12.1 Å². The number of ether oxygens (including phenoxy) is 2. The fraction of sp³-hybridized carbons (Fsp3) is 0.478. The first-order valence-electron chi connectivity index (χ1n) is 10.9. The van der Waals surface area contributed by atoms with Gasteiger partial charge in [0.1, 0.15) is 29.3 Å². The van der Waals surface area contributed by atoms with Crippen LogP contribution in [0.5, 0.6) is 0 Å². The van der Waals surface area contributed by atoms with Gasteiger partial charge in [-0.05, 0) is 34.6 Å². The first-order valence-corrected chi connectivity index (χ1v) is 10.9. The maximum Gasteiger partial charge on any atom is 0.411 e. The predicted molar refractivity (Wildman–Crippen MR) is 129 cm³/mol. The molecular weight excluding hydrogens is 438 g/mol. The molecule has 1 fully saturated rings. The lowest BCUT2D eigenvalue weighted by Crippen LogP contribution is -2.44. The van der Waals surface area contributed by atoms with Crippen LogP contribution in [-0.2, 0) is 14.3 Å². The lowest BCUT2D eigenvalue weighted by molar-refractivity contribution is -0.145. The highest BCUT2D eigenvalue weighted by Crippen LogP contribution is 2.27. The molecule has 11 heteroatoms. The van der Waals surface area contributed by atoms with Gasteiger partial charge in [-0.1, -0.05) is 12.7 Å². The van der Waals surface area contributed by atoms with E-state index in [9.17, 15) is 9.59 Å². The lowest BCUT2D eigenvalue weighted by atomic mass is 10.1. The first-order chi connectivity index (χ1) is 16.0. The van der Waals surface area contributed by atoms with Crippen molar-refractivity contribution < 1.29 is 19.1 Å². The molecule has 1 aliphatic rings. The summed E-state index contributed by atoms with van der Waals surface area (Å²) >= 11 is 0. The summed E-state index contributed by atoms with van der Waals surface area (Å²) in [6.07, 6.45) is 4.73. The largest absolute Gasteiger partial charge is 0.467 e. The summed E-state index contributed by atoms with van der Waals surface area (Å²) in [6, 6.07) is -1.03. The maximum absolute atomic E-state index is 12.7. The Morgan fingerprint density at radius 3 is 2.71 bits per heavy atom. The number of anilines is 1. The zero-order chi connectivity index (χ0) is 25.0. The van der Waals surface area contributed by atoms with Gasteiger partial charge in [0.25, 0.3) is 0 Å². The predicted octanol–water partition coefficient (Wildman–Crippen LogP) is 3.32. The van der Waals surface area contributed by atoms with Crippen LogP contribution < -0.4 is 5.32 Å². The van der Waals surface area contributed by atoms with Crippen LogP contribution in [0.3, 0.4) is 0 Å². The van der Waals surface area contributed by atoms with E-state index < -0.39 is 23.7 Å². The fourth-order valence-electron chi connectivity index (χ4n) is 3.54. The molecule has 2 aromatic heterocycles. The number of esters is 1. The third-order valence-corrected chi connectivity index (χ3v) is 5.04. The number of imidazole rings is 1. The maximum atomic E-state index is 12.7. The van der Waals surface area contributed by atoms with Crippen molar-refractivity contribution in [1.82, 2.24) is 24.8 Å². The van der Waals surface area contributed by atoms with Crippen molar-refractivity contribution in [3.05, 3.63) is 30.5 Å². The number of H-pyrrole nitrogens is 1. The average molecular weight is 470 g/mol. The summed E-state index contributed by atoms with van der Waals surface area (Å²) in [5, 5.41) is 3.31. The lowest BCUT2D eigenvalue weighted by Gasteiger charge is -2.27. The Hall–Kier alpha value is -3.76. The first kappa shape index (κ1) is 24.9. The monoisotopic (exact) mass is 469 g/mol. The fourth-order valence-corrected chi connectivity index (χ4v) is 3.54. The second-order valence-electron chi connectivity index (χ2n) is 8.99. The summed E-state index contributed by atoms with van der Waals surface area (Å²) in [7, 11) is 1.30. The molecule has 2 atom stereocenters. The topological polar surface area (TPSA) is 135 Å². The number of aliphatic imine (C=N–C) groups is 1. The number of methoxy groups -OCH3 is 1. The number of rotatable bonds is 6. The normalized spacial score (nSPS) is 19.0. The number of aromatic amines is 1. The molecule has 11 nitrogen and oxygen atoms in total. The van der Waals surface area contributed by atoms with Crippen molar-refractivity contribution in [1.29, 1.82) is 0 Å². The van der Waals surface area contributed by atoms with E-state index in [1.54, 1.807) is 33.9 Å². The van der Waals surface area contributed by atoms with Crippen LogP contribution >= 0.6 is 0 Å². The Morgan fingerprint density at radius 2 is 2.09 bits per heavy atom. The van der Waals surface area contributed by atoms with E-state index in [0.717, 1.165) is 5.57 Å². The van der Waals surface area contributed by atoms with Crippen molar-refractivity contribution in [2.24, 2.45) is 4.99 Å². The number of hydrogen-bond acceptors (Lipinski definition) is 9. The van der Waals surface area contributed by atoms with Gasteiger partial charge in [0, 0.05) is 36.5 Å². The van der Waals surface area contributed by atoms with Crippen molar-refractivity contribution in [3.63, 3.8) is 0 Å². The molecule has 1 amide bonds. The van der Waals surface area contributed by atoms with Gasteiger partial charge in [-0.3, -0.25) is 9.89 Å². The molecule has 34 heavy (non-hydrogen) atoms. The molecule has 0 aliphatic carbocycles. The van der Waals surface area contributed by atoms with Gasteiger partial charge in [-0.25, -0.2) is 24.5 Å². The van der Waals surface area contributed by atoms with E-state index in [4.69, 9.17) is 9.47 Å². The number of nitrogens with one attached hydrogen (secondary N) is 2. The number of carbonyl (C=O) groups is 2. The van der Waals surface area contributed by atoms with Gasteiger partial charge in [0.15, 0.2) is 11.5 Å². The van der Waals surface area contributed by atoms with Gasteiger partial charge < -0.3 is 19.8 Å². The Bertz CT molecular complexity index is 1150. The number of allylic oxidation sites excluding steroid dienone is 3. The number of hydrogen-bond donors (Lipinski definition) is 2. The highest BCUT2D eigenvalue weighted by atomic mass is 16.6. The molecule has 0 bridgehead atoms. The smallest absolute Gasteiger partial charge is 0.411 e. The Labute approximate surface area is 198 Å². The van der Waals surface area contributed by atoms with Crippen LogP contribution in [0.4, 0.5) is 10.6 Å². The zero-order valence-electron chi connectivity index (χ0n) is 20.4. The second-order valence-corrected chi connectivity index (χ2v) is 8.99. The van der Waals surface area contributed by atoms with Crippen LogP contribution in [0.2, 0.25) is 0 Å². The zero-order valence-corrected chi connectivity index (χ0v) is 20.4. The summed E-state index contributed by atoms with van der Waals surface area (Å²) in [5.74, 6) is 0.595. The van der Waals surface area contributed by atoms with Crippen molar-refractivity contribution in [3.8, 4) is 0 Å². The van der Waals surface area contributed by atoms with Crippen LogP contribution in [-0.4, -0.2) is 74.5 Å². The quantitative estimate of drug-likeness (QED) is 0.486. The van der Waals surface area contributed by atoms with Gasteiger partial charge in [0.05, 0.1) is 7.11 Å². The van der Waals surface area contributed by atoms with Crippen molar-refractivity contribution in [2.75, 3.05) is 19.0 Å². The van der Waals surface area contributed by atoms with Crippen LogP contribution in [0.25, 0.3) is 16.7 Å². The molecule has 2 N–H and O–H groups in total. The number of aromatic nitrogens is 4.